The van der Waals surface area contributed by atoms with Crippen molar-refractivity contribution in [2.75, 3.05) is 0 Å². The van der Waals surface area contributed by atoms with E-state index >= 15 is 0 Å². The molecule has 0 radical (unpaired) electrons. The molecular formula is C19H36O2. The molecule has 0 saturated carbocycles. The molecule has 0 aliphatic carbocycles. The van der Waals surface area contributed by atoms with Gasteiger partial charge in [-0.3, -0.25) is 0 Å². The second-order valence-electron chi connectivity index (χ2n) is 6.37. The van der Waals surface area contributed by atoms with Crippen molar-refractivity contribution >= 4 is 5.97 Å². The molecule has 2 nitrogen and oxygen atoms in total. The molecule has 0 saturated heterocycles. The minimum Gasteiger partial charge on any atom is -0.478 e. The molecule has 0 aliphatic rings. The van der Waals surface area contributed by atoms with E-state index in [0.717, 1.165) is 6.42 Å². The van der Waals surface area contributed by atoms with Crippen molar-refractivity contribution in [3.05, 3.63) is 12.2 Å². The van der Waals surface area contributed by atoms with E-state index < -0.39 is 5.97 Å². The zero-order chi connectivity index (χ0) is 15.9. The molecule has 2 heteroatoms. The van der Waals surface area contributed by atoms with E-state index in [2.05, 4.69) is 20.4 Å². The summed E-state index contributed by atoms with van der Waals surface area (Å²) in [4.78, 5) is 10.8. The zero-order valence-electron chi connectivity index (χ0n) is 14.3. The Balaban J connectivity index is 3.79. The fraction of sp³-hybridized carbons (Fsp3) is 0.842. The molecule has 0 spiro atoms. The maximum Gasteiger partial charge on any atom is 0.330 e. The van der Waals surface area contributed by atoms with Crippen LogP contribution in [-0.2, 0) is 4.79 Å². The summed E-state index contributed by atoms with van der Waals surface area (Å²) in [6.45, 7) is 8.12. The Kier molecular flexibility index (Phi) is 13.6. The number of aliphatic carboxylic acids is 1. The smallest absolute Gasteiger partial charge is 0.330 e. The van der Waals surface area contributed by atoms with Crippen LogP contribution >= 0.6 is 0 Å². The van der Waals surface area contributed by atoms with Crippen molar-refractivity contribution in [1.29, 1.82) is 0 Å². The van der Waals surface area contributed by atoms with Crippen LogP contribution in [0.3, 0.4) is 0 Å². The zero-order valence-corrected chi connectivity index (χ0v) is 14.3. The van der Waals surface area contributed by atoms with Gasteiger partial charge in [0, 0.05) is 5.57 Å². The Morgan fingerprint density at radius 2 is 1.38 bits per heavy atom. The molecular weight excluding hydrogens is 260 g/mol. The van der Waals surface area contributed by atoms with Gasteiger partial charge >= 0.3 is 5.97 Å². The van der Waals surface area contributed by atoms with E-state index in [1.54, 1.807) is 0 Å². The van der Waals surface area contributed by atoms with E-state index in [4.69, 9.17) is 5.11 Å². The average Bonchev–Trinajstić information content (AvgIpc) is 2.47. The van der Waals surface area contributed by atoms with Gasteiger partial charge in [-0.25, -0.2) is 4.79 Å². The van der Waals surface area contributed by atoms with Gasteiger partial charge in [-0.05, 0) is 18.8 Å². The molecule has 0 heterocycles. The van der Waals surface area contributed by atoms with Crippen LogP contribution in [-0.4, -0.2) is 11.1 Å². The van der Waals surface area contributed by atoms with Crippen LogP contribution in [0, 0.1) is 5.92 Å². The standard InChI is InChI=1S/C19H36O2/c1-4-6-8-9-10-11-12-14-18(13-7-5-2)16-15-17(3)19(20)21/h18H,3-16H2,1-2H3,(H,20,21). The molecule has 0 aromatic rings. The average molecular weight is 296 g/mol. The number of carbonyl (C=O) groups is 1. The van der Waals surface area contributed by atoms with Gasteiger partial charge in [0.15, 0.2) is 0 Å². The molecule has 0 aliphatic heterocycles. The summed E-state index contributed by atoms with van der Waals surface area (Å²) in [5.41, 5.74) is 0.371. The van der Waals surface area contributed by atoms with Gasteiger partial charge in [0.2, 0.25) is 0 Å². The van der Waals surface area contributed by atoms with Gasteiger partial charge in [-0.2, -0.15) is 0 Å². The van der Waals surface area contributed by atoms with Crippen molar-refractivity contribution in [3.63, 3.8) is 0 Å². The van der Waals surface area contributed by atoms with Crippen molar-refractivity contribution < 1.29 is 9.90 Å². The largest absolute Gasteiger partial charge is 0.478 e. The van der Waals surface area contributed by atoms with E-state index in [1.165, 1.54) is 70.6 Å². The lowest BCUT2D eigenvalue weighted by molar-refractivity contribution is -0.132. The van der Waals surface area contributed by atoms with Crippen molar-refractivity contribution in [3.8, 4) is 0 Å². The van der Waals surface area contributed by atoms with Gasteiger partial charge in [0.05, 0.1) is 0 Å². The summed E-state index contributed by atoms with van der Waals surface area (Å²) in [7, 11) is 0. The lowest BCUT2D eigenvalue weighted by atomic mass is 9.89. The molecule has 124 valence electrons. The predicted octanol–water partition coefficient (Wildman–Crippen LogP) is 6.35. The number of hydrogen-bond acceptors (Lipinski definition) is 1. The Bertz CT molecular complexity index is 271. The van der Waals surface area contributed by atoms with Gasteiger partial charge < -0.3 is 5.11 Å². The van der Waals surface area contributed by atoms with Crippen LogP contribution < -0.4 is 0 Å². The number of hydrogen-bond donors (Lipinski definition) is 1. The number of carboxylic acids is 1. The van der Waals surface area contributed by atoms with Crippen molar-refractivity contribution in [2.24, 2.45) is 5.92 Å². The molecule has 0 rings (SSSR count). The van der Waals surface area contributed by atoms with Gasteiger partial charge in [-0.15, -0.1) is 0 Å². The first kappa shape index (κ1) is 20.2. The van der Waals surface area contributed by atoms with E-state index in [0.29, 0.717) is 17.9 Å². The third-order valence-electron chi connectivity index (χ3n) is 4.34. The SMILES string of the molecule is C=C(CCC(CCCC)CCCCCCCCC)C(=O)O. The normalized spacial score (nSPS) is 12.3. The van der Waals surface area contributed by atoms with E-state index in [9.17, 15) is 4.79 Å². The molecule has 0 fully saturated rings. The van der Waals surface area contributed by atoms with Crippen LogP contribution in [0.4, 0.5) is 0 Å². The summed E-state index contributed by atoms with van der Waals surface area (Å²) in [5.74, 6) is -0.142. The minimum absolute atomic E-state index is 0.371. The van der Waals surface area contributed by atoms with Crippen LogP contribution in [0.2, 0.25) is 0 Å². The molecule has 0 aromatic heterocycles. The molecule has 0 amide bonds. The molecule has 0 bridgehead atoms. The first-order valence-corrected chi connectivity index (χ1v) is 9.02. The summed E-state index contributed by atoms with van der Waals surface area (Å²) < 4.78 is 0. The number of rotatable bonds is 15. The lowest BCUT2D eigenvalue weighted by Crippen LogP contribution is -2.05. The minimum atomic E-state index is -0.833. The van der Waals surface area contributed by atoms with Crippen molar-refractivity contribution in [1.82, 2.24) is 0 Å². The fourth-order valence-electron chi connectivity index (χ4n) is 2.80. The Hall–Kier alpha value is -0.790. The third-order valence-corrected chi connectivity index (χ3v) is 4.34. The summed E-state index contributed by atoms with van der Waals surface area (Å²) in [6, 6.07) is 0. The van der Waals surface area contributed by atoms with Crippen LogP contribution in [0.1, 0.15) is 97.3 Å². The Morgan fingerprint density at radius 3 is 1.95 bits per heavy atom. The van der Waals surface area contributed by atoms with E-state index in [-0.39, 0.29) is 0 Å². The first-order valence-electron chi connectivity index (χ1n) is 9.02. The van der Waals surface area contributed by atoms with Crippen LogP contribution in [0.15, 0.2) is 12.2 Å². The molecule has 1 atom stereocenters. The van der Waals surface area contributed by atoms with Crippen LogP contribution in [0.25, 0.3) is 0 Å². The first-order chi connectivity index (χ1) is 10.1. The highest BCUT2D eigenvalue weighted by Crippen LogP contribution is 2.24. The molecule has 0 aromatic carbocycles. The maximum absolute atomic E-state index is 10.8. The lowest BCUT2D eigenvalue weighted by Gasteiger charge is -2.16. The highest BCUT2D eigenvalue weighted by Gasteiger charge is 2.11. The second-order valence-corrected chi connectivity index (χ2v) is 6.37. The third kappa shape index (κ3) is 12.6. The Labute approximate surface area is 132 Å². The number of carboxylic acid groups (broad SMARTS) is 1. The monoisotopic (exact) mass is 296 g/mol. The topological polar surface area (TPSA) is 37.3 Å². The fourth-order valence-corrected chi connectivity index (χ4v) is 2.80. The maximum atomic E-state index is 10.8. The summed E-state index contributed by atoms with van der Waals surface area (Å²) in [5, 5.41) is 8.89. The molecule has 1 unspecified atom stereocenters. The van der Waals surface area contributed by atoms with Crippen molar-refractivity contribution in [2.45, 2.75) is 97.3 Å². The van der Waals surface area contributed by atoms with Gasteiger partial charge in [0.25, 0.3) is 0 Å². The summed E-state index contributed by atoms with van der Waals surface area (Å²) in [6.07, 6.45) is 16.1. The Morgan fingerprint density at radius 1 is 0.857 bits per heavy atom. The van der Waals surface area contributed by atoms with E-state index in [1.807, 2.05) is 0 Å². The van der Waals surface area contributed by atoms with Gasteiger partial charge in [-0.1, -0.05) is 91.1 Å². The highest BCUT2D eigenvalue weighted by molar-refractivity contribution is 5.85. The predicted molar refractivity (Wildman–Crippen MR) is 91.6 cm³/mol. The van der Waals surface area contributed by atoms with Crippen LogP contribution in [0.5, 0.6) is 0 Å². The molecule has 21 heavy (non-hydrogen) atoms. The molecule has 1 N–H and O–H groups in total. The number of unbranched alkanes of at least 4 members (excludes halogenated alkanes) is 7. The highest BCUT2D eigenvalue weighted by atomic mass is 16.4. The quantitative estimate of drug-likeness (QED) is 0.282. The second kappa shape index (κ2) is 14.2. The van der Waals surface area contributed by atoms with Gasteiger partial charge in [0.1, 0.15) is 0 Å². The summed E-state index contributed by atoms with van der Waals surface area (Å²) >= 11 is 0.